The number of aliphatic hydroxyl groups excluding tert-OH is 3. The lowest BCUT2D eigenvalue weighted by atomic mass is 9.50. The van der Waals surface area contributed by atoms with Crippen molar-refractivity contribution in [3.05, 3.63) is 12.2 Å². The van der Waals surface area contributed by atoms with E-state index in [0.717, 1.165) is 38.5 Å². The minimum Gasteiger partial charge on any atom is -0.396 e. The Morgan fingerprint density at radius 2 is 1.83 bits per heavy atom. The van der Waals surface area contributed by atoms with Gasteiger partial charge < -0.3 is 15.3 Å². The van der Waals surface area contributed by atoms with Gasteiger partial charge in [0.1, 0.15) is 0 Å². The largest absolute Gasteiger partial charge is 0.396 e. The molecule has 0 heterocycles. The fourth-order valence-electron chi connectivity index (χ4n) is 6.29. The van der Waals surface area contributed by atoms with Gasteiger partial charge >= 0.3 is 0 Å². The van der Waals surface area contributed by atoms with E-state index in [1.165, 1.54) is 12.0 Å². The molecule has 23 heavy (non-hydrogen) atoms. The summed E-state index contributed by atoms with van der Waals surface area (Å²) >= 11 is 0. The first-order valence-electron chi connectivity index (χ1n) is 9.48. The monoisotopic (exact) mass is 322 g/mol. The molecule has 0 aliphatic heterocycles. The number of rotatable bonds is 3. The minimum absolute atomic E-state index is 0.121. The lowest BCUT2D eigenvalue weighted by Gasteiger charge is -2.55. The quantitative estimate of drug-likeness (QED) is 0.699. The van der Waals surface area contributed by atoms with Gasteiger partial charge in [-0.1, -0.05) is 26.0 Å². The molecule has 0 spiro atoms. The normalized spacial score (nSPS) is 50.8. The summed E-state index contributed by atoms with van der Waals surface area (Å²) in [6, 6.07) is 0. The van der Waals surface area contributed by atoms with Crippen LogP contribution in [0.25, 0.3) is 0 Å². The molecule has 0 aromatic carbocycles. The molecule has 3 aliphatic carbocycles. The van der Waals surface area contributed by atoms with Crippen molar-refractivity contribution < 1.29 is 15.3 Å². The molecule has 0 bridgehead atoms. The molecule has 132 valence electrons. The van der Waals surface area contributed by atoms with Gasteiger partial charge in [-0.05, 0) is 80.0 Å². The summed E-state index contributed by atoms with van der Waals surface area (Å²) in [5.74, 6) is 1.51. The van der Waals surface area contributed by atoms with E-state index >= 15 is 0 Å². The first-order chi connectivity index (χ1) is 10.8. The summed E-state index contributed by atoms with van der Waals surface area (Å²) < 4.78 is 0. The Morgan fingerprint density at radius 3 is 2.48 bits per heavy atom. The Hall–Kier alpha value is -0.380. The van der Waals surface area contributed by atoms with Crippen molar-refractivity contribution in [3.8, 4) is 0 Å². The van der Waals surface area contributed by atoms with Gasteiger partial charge in [-0.2, -0.15) is 0 Å². The minimum atomic E-state index is -0.425. The third kappa shape index (κ3) is 2.69. The molecule has 3 N–H and O–H groups in total. The SMILES string of the molecule is C=C1CCC2[C@@H](CCO)C([C@@]3(C)CC[C@H](O)C[C@@H]3O)CC[C@@]12C. The first-order valence-corrected chi connectivity index (χ1v) is 9.48. The van der Waals surface area contributed by atoms with E-state index in [9.17, 15) is 15.3 Å². The van der Waals surface area contributed by atoms with Crippen molar-refractivity contribution in [1.82, 2.24) is 0 Å². The second kappa shape index (κ2) is 6.16. The molecule has 0 aromatic rings. The maximum absolute atomic E-state index is 10.8. The summed E-state index contributed by atoms with van der Waals surface area (Å²) in [5, 5.41) is 30.3. The van der Waals surface area contributed by atoms with Gasteiger partial charge in [-0.25, -0.2) is 0 Å². The summed E-state index contributed by atoms with van der Waals surface area (Å²) in [5.41, 5.74) is 1.50. The van der Waals surface area contributed by atoms with Gasteiger partial charge in [0.25, 0.3) is 0 Å². The van der Waals surface area contributed by atoms with E-state index in [0.29, 0.717) is 24.2 Å². The molecule has 3 nitrogen and oxygen atoms in total. The predicted octanol–water partition coefficient (Wildman–Crippen LogP) is 3.28. The molecule has 3 rings (SSSR count). The molecule has 0 aromatic heterocycles. The molecule has 7 atom stereocenters. The third-order valence-corrected chi connectivity index (χ3v) is 7.97. The topological polar surface area (TPSA) is 60.7 Å². The van der Waals surface area contributed by atoms with Crippen LogP contribution in [0, 0.1) is 28.6 Å². The standard InChI is InChI=1S/C20H34O3/c1-13-4-5-16-15(8-11-21)17(7-10-19(13,16)2)20(3)9-6-14(22)12-18(20)23/h14-18,21-23H,1,4-12H2,2-3H3/t14-,15+,16?,17?,18-,19-,20+/m0/s1. The number of aliphatic hydroxyl groups is 3. The van der Waals surface area contributed by atoms with Crippen LogP contribution < -0.4 is 0 Å². The van der Waals surface area contributed by atoms with Crippen molar-refractivity contribution in [2.75, 3.05) is 6.61 Å². The zero-order valence-corrected chi connectivity index (χ0v) is 14.8. The van der Waals surface area contributed by atoms with Crippen LogP contribution in [-0.4, -0.2) is 34.1 Å². The lowest BCUT2D eigenvalue weighted by molar-refractivity contribution is -0.122. The smallest absolute Gasteiger partial charge is 0.0621 e. The number of allylic oxidation sites excluding steroid dienone is 1. The zero-order valence-electron chi connectivity index (χ0n) is 14.8. The zero-order chi connectivity index (χ0) is 16.8. The average molecular weight is 322 g/mol. The summed E-state index contributed by atoms with van der Waals surface area (Å²) in [6.07, 6.45) is 6.83. The van der Waals surface area contributed by atoms with Crippen LogP contribution in [0.4, 0.5) is 0 Å². The Kier molecular flexibility index (Phi) is 4.67. The van der Waals surface area contributed by atoms with E-state index < -0.39 is 6.10 Å². The van der Waals surface area contributed by atoms with Gasteiger partial charge in [0, 0.05) is 6.61 Å². The third-order valence-electron chi connectivity index (χ3n) is 7.97. The fourth-order valence-corrected chi connectivity index (χ4v) is 6.29. The van der Waals surface area contributed by atoms with Crippen LogP contribution in [0.3, 0.4) is 0 Å². The maximum Gasteiger partial charge on any atom is 0.0621 e. The average Bonchev–Trinajstić information content (AvgIpc) is 2.80. The van der Waals surface area contributed by atoms with E-state index in [2.05, 4.69) is 20.4 Å². The molecular formula is C20H34O3. The Morgan fingerprint density at radius 1 is 1.09 bits per heavy atom. The highest BCUT2D eigenvalue weighted by atomic mass is 16.3. The first kappa shape index (κ1) is 17.4. The van der Waals surface area contributed by atoms with Crippen molar-refractivity contribution in [3.63, 3.8) is 0 Å². The molecule has 2 unspecified atom stereocenters. The van der Waals surface area contributed by atoms with E-state index in [-0.39, 0.29) is 23.5 Å². The van der Waals surface area contributed by atoms with Gasteiger partial charge in [0.2, 0.25) is 0 Å². The molecule has 0 amide bonds. The number of hydrogen-bond acceptors (Lipinski definition) is 3. The lowest BCUT2D eigenvalue weighted by Crippen LogP contribution is -2.52. The maximum atomic E-state index is 10.8. The highest BCUT2D eigenvalue weighted by Crippen LogP contribution is 2.63. The van der Waals surface area contributed by atoms with Crippen molar-refractivity contribution in [2.24, 2.45) is 28.6 Å². The van der Waals surface area contributed by atoms with Crippen LogP contribution in [0.1, 0.15) is 65.2 Å². The van der Waals surface area contributed by atoms with E-state index in [4.69, 9.17) is 0 Å². The fraction of sp³-hybridized carbons (Fsp3) is 0.900. The van der Waals surface area contributed by atoms with Gasteiger partial charge in [0.15, 0.2) is 0 Å². The molecule has 3 heteroatoms. The molecule has 3 saturated carbocycles. The Balaban J connectivity index is 1.88. The van der Waals surface area contributed by atoms with Gasteiger partial charge in [0.05, 0.1) is 12.2 Å². The second-order valence-electron chi connectivity index (χ2n) is 8.94. The van der Waals surface area contributed by atoms with Gasteiger partial charge in [-0.3, -0.25) is 0 Å². The number of hydrogen-bond donors (Lipinski definition) is 3. The molecule has 3 fully saturated rings. The molecule has 3 aliphatic rings. The molecule has 0 radical (unpaired) electrons. The van der Waals surface area contributed by atoms with Crippen LogP contribution in [0.2, 0.25) is 0 Å². The van der Waals surface area contributed by atoms with Crippen molar-refractivity contribution in [1.29, 1.82) is 0 Å². The van der Waals surface area contributed by atoms with Crippen LogP contribution >= 0.6 is 0 Å². The summed E-state index contributed by atoms with van der Waals surface area (Å²) in [6.45, 7) is 9.17. The number of fused-ring (bicyclic) bond motifs is 1. The van der Waals surface area contributed by atoms with E-state index in [1.807, 2.05) is 0 Å². The Labute approximate surface area is 140 Å². The summed E-state index contributed by atoms with van der Waals surface area (Å²) in [4.78, 5) is 0. The summed E-state index contributed by atoms with van der Waals surface area (Å²) in [7, 11) is 0. The van der Waals surface area contributed by atoms with Crippen LogP contribution in [0.15, 0.2) is 12.2 Å². The van der Waals surface area contributed by atoms with Gasteiger partial charge in [-0.15, -0.1) is 0 Å². The Bertz CT molecular complexity index is 462. The van der Waals surface area contributed by atoms with E-state index in [1.54, 1.807) is 0 Å². The molecule has 0 saturated heterocycles. The highest BCUT2D eigenvalue weighted by Gasteiger charge is 2.56. The second-order valence-corrected chi connectivity index (χ2v) is 8.94. The van der Waals surface area contributed by atoms with Crippen molar-refractivity contribution >= 4 is 0 Å². The highest BCUT2D eigenvalue weighted by molar-refractivity contribution is 5.20. The predicted molar refractivity (Wildman–Crippen MR) is 91.9 cm³/mol. The van der Waals surface area contributed by atoms with Crippen LogP contribution in [0.5, 0.6) is 0 Å². The van der Waals surface area contributed by atoms with Crippen LogP contribution in [-0.2, 0) is 0 Å². The molecular weight excluding hydrogens is 288 g/mol. The van der Waals surface area contributed by atoms with Crippen molar-refractivity contribution in [2.45, 2.75) is 77.4 Å².